The smallest absolute Gasteiger partial charge is 0.240 e. The molecule has 2 amide bonds. The summed E-state index contributed by atoms with van der Waals surface area (Å²) in [7, 11) is 0. The van der Waals surface area contributed by atoms with E-state index in [9.17, 15) is 9.59 Å². The minimum absolute atomic E-state index is 0.0442. The number of piperazine rings is 1. The molecule has 1 heterocycles. The molecule has 0 bridgehead atoms. The van der Waals surface area contributed by atoms with E-state index in [4.69, 9.17) is 0 Å². The van der Waals surface area contributed by atoms with Crippen molar-refractivity contribution in [2.45, 2.75) is 39.7 Å². The highest BCUT2D eigenvalue weighted by atomic mass is 16.2. The van der Waals surface area contributed by atoms with Gasteiger partial charge in [0.15, 0.2) is 0 Å². The van der Waals surface area contributed by atoms with Crippen LogP contribution in [0.3, 0.4) is 0 Å². The molecular weight excluding hydrogens is 230 g/mol. The van der Waals surface area contributed by atoms with Crippen molar-refractivity contribution in [2.75, 3.05) is 26.2 Å². The fourth-order valence-electron chi connectivity index (χ4n) is 2.00. The van der Waals surface area contributed by atoms with Crippen molar-refractivity contribution in [3.05, 3.63) is 0 Å². The highest BCUT2D eigenvalue weighted by molar-refractivity contribution is 5.88. The van der Waals surface area contributed by atoms with Gasteiger partial charge in [-0.05, 0) is 18.8 Å². The van der Waals surface area contributed by atoms with E-state index in [1.54, 1.807) is 4.90 Å². The second-order valence-electron chi connectivity index (χ2n) is 5.21. The average molecular weight is 255 g/mol. The van der Waals surface area contributed by atoms with Gasteiger partial charge in [-0.25, -0.2) is 0 Å². The molecule has 0 saturated carbocycles. The Morgan fingerprint density at radius 2 is 2.28 bits per heavy atom. The second-order valence-corrected chi connectivity index (χ2v) is 5.21. The molecule has 5 nitrogen and oxygen atoms in total. The number of hydrogen-bond donors (Lipinski definition) is 2. The maximum Gasteiger partial charge on any atom is 0.240 e. The Hall–Kier alpha value is -1.10. The molecule has 2 N–H and O–H groups in total. The third kappa shape index (κ3) is 4.64. The van der Waals surface area contributed by atoms with Crippen molar-refractivity contribution in [2.24, 2.45) is 5.92 Å². The maximum atomic E-state index is 12.0. The van der Waals surface area contributed by atoms with Gasteiger partial charge in [0.1, 0.15) is 0 Å². The first-order chi connectivity index (χ1) is 8.54. The molecule has 5 heteroatoms. The molecular formula is C13H25N3O2. The van der Waals surface area contributed by atoms with Crippen LogP contribution in [0.25, 0.3) is 0 Å². The Morgan fingerprint density at radius 1 is 1.56 bits per heavy atom. The minimum atomic E-state index is -0.123. The summed E-state index contributed by atoms with van der Waals surface area (Å²) in [6, 6.07) is -0.123. The number of nitrogens with one attached hydrogen (secondary N) is 2. The zero-order chi connectivity index (χ0) is 13.5. The van der Waals surface area contributed by atoms with Crippen LogP contribution < -0.4 is 10.6 Å². The zero-order valence-electron chi connectivity index (χ0n) is 11.7. The van der Waals surface area contributed by atoms with Gasteiger partial charge in [-0.15, -0.1) is 0 Å². The van der Waals surface area contributed by atoms with Gasteiger partial charge in [-0.2, -0.15) is 0 Å². The first-order valence-corrected chi connectivity index (χ1v) is 6.83. The lowest BCUT2D eigenvalue weighted by molar-refractivity contribution is -0.139. The van der Waals surface area contributed by atoms with Gasteiger partial charge in [-0.1, -0.05) is 20.8 Å². The van der Waals surface area contributed by atoms with Crippen molar-refractivity contribution >= 4 is 11.8 Å². The van der Waals surface area contributed by atoms with Crippen LogP contribution in [0, 0.1) is 5.92 Å². The molecule has 0 aromatic carbocycles. The number of rotatable bonds is 6. The molecule has 0 aromatic heterocycles. The second kappa shape index (κ2) is 7.36. The lowest BCUT2D eigenvalue weighted by atomic mass is 10.1. The van der Waals surface area contributed by atoms with Crippen LogP contribution in [0.2, 0.25) is 0 Å². The topological polar surface area (TPSA) is 61.4 Å². The monoisotopic (exact) mass is 255 g/mol. The fraction of sp³-hybridized carbons (Fsp3) is 0.846. The van der Waals surface area contributed by atoms with Gasteiger partial charge in [0.25, 0.3) is 0 Å². The van der Waals surface area contributed by atoms with Gasteiger partial charge in [-0.3, -0.25) is 9.59 Å². The van der Waals surface area contributed by atoms with E-state index in [1.165, 1.54) is 0 Å². The molecule has 1 atom stereocenters. The molecule has 0 aromatic rings. The first kappa shape index (κ1) is 15.0. The van der Waals surface area contributed by atoms with Crippen molar-refractivity contribution in [1.29, 1.82) is 0 Å². The van der Waals surface area contributed by atoms with Gasteiger partial charge in [0, 0.05) is 19.6 Å². The molecule has 0 aliphatic carbocycles. The van der Waals surface area contributed by atoms with Crippen molar-refractivity contribution in [3.8, 4) is 0 Å². The Kier molecular flexibility index (Phi) is 6.12. The number of nitrogens with zero attached hydrogens (tertiary/aromatic N) is 1. The number of amides is 2. The molecule has 18 heavy (non-hydrogen) atoms. The molecule has 1 saturated heterocycles. The highest BCUT2D eigenvalue weighted by Gasteiger charge is 2.27. The van der Waals surface area contributed by atoms with Gasteiger partial charge < -0.3 is 15.5 Å². The molecule has 1 unspecified atom stereocenters. The summed E-state index contributed by atoms with van der Waals surface area (Å²) >= 11 is 0. The summed E-state index contributed by atoms with van der Waals surface area (Å²) in [4.78, 5) is 25.3. The molecule has 1 rings (SSSR count). The van der Waals surface area contributed by atoms with E-state index in [0.29, 0.717) is 19.0 Å². The fourth-order valence-corrected chi connectivity index (χ4v) is 2.00. The number of carbonyl (C=O) groups is 2. The zero-order valence-corrected chi connectivity index (χ0v) is 11.7. The average Bonchev–Trinajstić information content (AvgIpc) is 2.31. The van der Waals surface area contributed by atoms with Crippen LogP contribution in [0.15, 0.2) is 0 Å². The van der Waals surface area contributed by atoms with E-state index in [1.807, 2.05) is 6.92 Å². The van der Waals surface area contributed by atoms with Gasteiger partial charge >= 0.3 is 0 Å². The lowest BCUT2D eigenvalue weighted by Crippen LogP contribution is -2.56. The van der Waals surface area contributed by atoms with Gasteiger partial charge in [0.05, 0.1) is 12.6 Å². The Morgan fingerprint density at radius 3 is 2.89 bits per heavy atom. The molecule has 1 aliphatic heterocycles. The van der Waals surface area contributed by atoms with E-state index in [0.717, 1.165) is 19.4 Å². The summed E-state index contributed by atoms with van der Waals surface area (Å²) in [5, 5.41) is 6.02. The summed E-state index contributed by atoms with van der Waals surface area (Å²) in [6.07, 6.45) is 1.74. The summed E-state index contributed by atoms with van der Waals surface area (Å²) in [6.45, 7) is 8.48. The molecule has 104 valence electrons. The van der Waals surface area contributed by atoms with Crippen LogP contribution in [-0.4, -0.2) is 48.9 Å². The minimum Gasteiger partial charge on any atom is -0.355 e. The third-order valence-corrected chi connectivity index (χ3v) is 3.17. The van der Waals surface area contributed by atoms with Crippen LogP contribution in [0.4, 0.5) is 0 Å². The van der Waals surface area contributed by atoms with E-state index in [-0.39, 0.29) is 24.4 Å². The summed E-state index contributed by atoms with van der Waals surface area (Å²) < 4.78 is 0. The van der Waals surface area contributed by atoms with E-state index >= 15 is 0 Å². The third-order valence-electron chi connectivity index (χ3n) is 3.17. The maximum absolute atomic E-state index is 12.0. The van der Waals surface area contributed by atoms with Crippen LogP contribution in [0.1, 0.15) is 33.6 Å². The summed E-state index contributed by atoms with van der Waals surface area (Å²) in [5.41, 5.74) is 0. The number of carbonyl (C=O) groups excluding carboxylic acids is 2. The molecule has 0 radical (unpaired) electrons. The first-order valence-electron chi connectivity index (χ1n) is 6.83. The number of hydrogen-bond acceptors (Lipinski definition) is 3. The Labute approximate surface area is 109 Å². The predicted octanol–water partition coefficient (Wildman–Crippen LogP) is 0.359. The van der Waals surface area contributed by atoms with E-state index in [2.05, 4.69) is 24.5 Å². The Balaban J connectivity index is 2.32. The SMILES string of the molecule is CCC1NCCN(CC(=O)NCCC(C)C)C1=O. The summed E-state index contributed by atoms with van der Waals surface area (Å²) in [5.74, 6) is 0.569. The normalized spacial score (nSPS) is 20.3. The molecule has 0 spiro atoms. The van der Waals surface area contributed by atoms with Crippen molar-refractivity contribution in [1.82, 2.24) is 15.5 Å². The van der Waals surface area contributed by atoms with Crippen LogP contribution >= 0.6 is 0 Å². The van der Waals surface area contributed by atoms with Crippen molar-refractivity contribution < 1.29 is 9.59 Å². The quantitative estimate of drug-likeness (QED) is 0.720. The molecule has 1 aliphatic rings. The highest BCUT2D eigenvalue weighted by Crippen LogP contribution is 2.04. The standard InChI is InChI=1S/C13H25N3O2/c1-4-11-13(18)16(8-7-14-11)9-12(17)15-6-5-10(2)3/h10-11,14H,4-9H2,1-3H3,(H,15,17). The largest absolute Gasteiger partial charge is 0.355 e. The molecule has 1 fully saturated rings. The Bertz CT molecular complexity index is 292. The predicted molar refractivity (Wildman–Crippen MR) is 71.1 cm³/mol. The lowest BCUT2D eigenvalue weighted by Gasteiger charge is -2.32. The van der Waals surface area contributed by atoms with Crippen molar-refractivity contribution in [3.63, 3.8) is 0 Å². The van der Waals surface area contributed by atoms with Gasteiger partial charge in [0.2, 0.25) is 11.8 Å². The van der Waals surface area contributed by atoms with E-state index < -0.39 is 0 Å². The van der Waals surface area contributed by atoms with Crippen LogP contribution in [-0.2, 0) is 9.59 Å². The van der Waals surface area contributed by atoms with Crippen LogP contribution in [0.5, 0.6) is 0 Å².